The van der Waals surface area contributed by atoms with Crippen molar-refractivity contribution in [3.63, 3.8) is 0 Å². The maximum atomic E-state index is 13.1. The molecule has 0 bridgehead atoms. The Labute approximate surface area is 292 Å². The zero-order valence-electron chi connectivity index (χ0n) is 30.5. The Balaban J connectivity index is 0.00000157. The van der Waals surface area contributed by atoms with Crippen LogP contribution < -0.4 is 10.6 Å². The van der Waals surface area contributed by atoms with Crippen LogP contribution in [0.5, 0.6) is 0 Å². The van der Waals surface area contributed by atoms with Gasteiger partial charge in [0, 0.05) is 67.1 Å². The van der Waals surface area contributed by atoms with Crippen LogP contribution in [0.4, 0.5) is 17.3 Å². The molecule has 2 aromatic carbocycles. The van der Waals surface area contributed by atoms with Crippen LogP contribution in [0.3, 0.4) is 0 Å². The Morgan fingerprint density at radius 1 is 0.959 bits per heavy atom. The number of likely N-dealkylation sites (N-methyl/N-ethyl adjacent to an activating group) is 1. The molecule has 1 amide bonds. The summed E-state index contributed by atoms with van der Waals surface area (Å²) in [4.78, 5) is 40.7. The van der Waals surface area contributed by atoms with Gasteiger partial charge in [0.05, 0.1) is 25.8 Å². The van der Waals surface area contributed by atoms with Gasteiger partial charge in [0.25, 0.3) is 5.91 Å². The molecule has 10 nitrogen and oxygen atoms in total. The molecule has 1 aliphatic rings. The third-order valence-corrected chi connectivity index (χ3v) is 8.00. The summed E-state index contributed by atoms with van der Waals surface area (Å²) in [5.74, 6) is 0.469. The predicted molar refractivity (Wildman–Crippen MR) is 198 cm³/mol. The van der Waals surface area contributed by atoms with Crippen molar-refractivity contribution in [1.29, 1.82) is 0 Å². The van der Waals surface area contributed by atoms with Crippen LogP contribution in [0.1, 0.15) is 69.4 Å². The molecule has 2 aromatic heterocycles. The molecule has 4 aromatic rings. The second kappa shape index (κ2) is 19.4. The number of quaternary nitrogens is 1. The van der Waals surface area contributed by atoms with Crippen LogP contribution in [-0.4, -0.2) is 76.2 Å². The number of benzene rings is 2. The van der Waals surface area contributed by atoms with Gasteiger partial charge in [0.15, 0.2) is 0 Å². The number of pyridine rings is 1. The summed E-state index contributed by atoms with van der Waals surface area (Å²) >= 11 is 0. The third kappa shape index (κ3) is 12.1. The number of esters is 1. The van der Waals surface area contributed by atoms with Crippen LogP contribution in [0, 0.1) is 12.8 Å². The number of anilines is 3. The molecule has 1 fully saturated rings. The minimum absolute atomic E-state index is 0.118. The van der Waals surface area contributed by atoms with Gasteiger partial charge in [-0.1, -0.05) is 59.7 Å². The van der Waals surface area contributed by atoms with E-state index in [4.69, 9.17) is 4.74 Å². The summed E-state index contributed by atoms with van der Waals surface area (Å²) in [5, 5.41) is 6.30. The van der Waals surface area contributed by atoms with Gasteiger partial charge in [-0.2, -0.15) is 0 Å². The van der Waals surface area contributed by atoms with E-state index < -0.39 is 0 Å². The highest BCUT2D eigenvalue weighted by molar-refractivity contribution is 6.04. The second-order valence-corrected chi connectivity index (χ2v) is 12.4. The van der Waals surface area contributed by atoms with E-state index in [2.05, 4.69) is 37.5 Å². The van der Waals surface area contributed by atoms with E-state index in [1.807, 2.05) is 109 Å². The van der Waals surface area contributed by atoms with Crippen molar-refractivity contribution in [2.45, 2.75) is 61.4 Å². The summed E-state index contributed by atoms with van der Waals surface area (Å²) in [7, 11) is 2.15. The van der Waals surface area contributed by atoms with Crippen LogP contribution in [0.15, 0.2) is 79.3 Å². The molecular weight excluding hydrogens is 614 g/mol. The molecule has 49 heavy (non-hydrogen) atoms. The first kappa shape index (κ1) is 38.8. The molecule has 0 aliphatic carbocycles. The number of nitrogens with zero attached hydrogens (tertiary/aromatic N) is 5. The van der Waals surface area contributed by atoms with E-state index in [9.17, 15) is 9.59 Å². The maximum absolute atomic E-state index is 13.1. The van der Waals surface area contributed by atoms with Crippen molar-refractivity contribution >= 4 is 29.2 Å². The molecule has 10 heteroatoms. The van der Waals surface area contributed by atoms with Crippen molar-refractivity contribution in [3.05, 3.63) is 95.9 Å². The number of hydrogen-bond acceptors (Lipinski definition) is 8. The number of nitrogens with one attached hydrogen (secondary N) is 2. The predicted octanol–water partition coefficient (Wildman–Crippen LogP) is 7.70. The molecule has 0 saturated carbocycles. The second-order valence-electron chi connectivity index (χ2n) is 12.4. The quantitative estimate of drug-likeness (QED) is 0.124. The Hall–Kier alpha value is -4.67. The largest absolute Gasteiger partial charge is 0.415 e. The Morgan fingerprint density at radius 3 is 2.33 bits per heavy atom. The average molecular weight is 669 g/mol. The monoisotopic (exact) mass is 668 g/mol. The number of ether oxygens (including phenoxy) is 1. The highest BCUT2D eigenvalue weighted by atomic mass is 16.5. The fraction of sp³-hybridized carbons (Fsp3) is 0.410. The zero-order chi connectivity index (χ0) is 35.8. The first-order valence-corrected chi connectivity index (χ1v) is 17.4. The molecule has 1 saturated heterocycles. The molecule has 3 heterocycles. The van der Waals surface area contributed by atoms with Crippen LogP contribution in [0.25, 0.3) is 11.3 Å². The Bertz CT molecular complexity index is 1600. The van der Waals surface area contributed by atoms with E-state index in [0.29, 0.717) is 36.3 Å². The molecule has 262 valence electrons. The van der Waals surface area contributed by atoms with Gasteiger partial charge in [-0.25, -0.2) is 9.97 Å². The summed E-state index contributed by atoms with van der Waals surface area (Å²) in [6.07, 6.45) is 5.66. The number of aryl methyl sites for hydroxylation is 1. The zero-order valence-corrected chi connectivity index (χ0v) is 30.5. The number of hydrogen-bond donors (Lipinski definition) is 2. The molecule has 1 aliphatic heterocycles. The van der Waals surface area contributed by atoms with Crippen molar-refractivity contribution in [2.24, 2.45) is 5.92 Å². The minimum atomic E-state index is -0.177. The molecule has 0 unspecified atom stereocenters. The molecule has 0 radical (unpaired) electrons. The summed E-state index contributed by atoms with van der Waals surface area (Å²) in [6.45, 7) is 19.0. The first-order chi connectivity index (χ1) is 23.7. The number of amides is 1. The summed E-state index contributed by atoms with van der Waals surface area (Å²) < 4.78 is 6.29. The smallest absolute Gasteiger partial charge is 0.310 e. The topological polar surface area (TPSA) is 109 Å². The van der Waals surface area contributed by atoms with Gasteiger partial charge in [-0.05, 0) is 66.4 Å². The van der Waals surface area contributed by atoms with Gasteiger partial charge in [-0.3, -0.25) is 24.0 Å². The van der Waals surface area contributed by atoms with E-state index in [0.717, 1.165) is 65.3 Å². The lowest BCUT2D eigenvalue weighted by Gasteiger charge is -2.41. The number of carbonyl (C=O) groups is 2. The molecule has 2 N–H and O–H groups in total. The van der Waals surface area contributed by atoms with Gasteiger partial charge in [0.2, 0.25) is 12.7 Å². The van der Waals surface area contributed by atoms with Gasteiger partial charge in [-0.15, -0.1) is 0 Å². The SMILES string of the molecule is CC.CC.Cc1ccc(NC(=O)c2ccc(CN3CC[N+](C)(COC(=O)CC(C)C)CC3)cc2)cc1Nc1nccc(-c2cccnc2)n1. The highest BCUT2D eigenvalue weighted by Crippen LogP contribution is 2.25. The van der Waals surface area contributed by atoms with Crippen LogP contribution in [-0.2, 0) is 16.1 Å². The van der Waals surface area contributed by atoms with Gasteiger partial charge < -0.3 is 15.4 Å². The maximum Gasteiger partial charge on any atom is 0.310 e. The lowest BCUT2D eigenvalue weighted by Crippen LogP contribution is -2.58. The molecule has 5 rings (SSSR count). The van der Waals surface area contributed by atoms with Crippen molar-refractivity contribution in [3.8, 4) is 11.3 Å². The van der Waals surface area contributed by atoms with Crippen molar-refractivity contribution in [2.75, 3.05) is 50.6 Å². The number of rotatable bonds is 11. The fourth-order valence-electron chi connectivity index (χ4n) is 5.17. The lowest BCUT2D eigenvalue weighted by atomic mass is 10.1. The number of piperazine rings is 1. The van der Waals surface area contributed by atoms with Crippen LogP contribution in [0.2, 0.25) is 0 Å². The minimum Gasteiger partial charge on any atom is -0.415 e. The van der Waals surface area contributed by atoms with Gasteiger partial charge in [0.1, 0.15) is 0 Å². The normalized spacial score (nSPS) is 13.7. The number of carbonyl (C=O) groups excluding carboxylic acids is 2. The van der Waals surface area contributed by atoms with E-state index in [-0.39, 0.29) is 11.9 Å². The fourth-order valence-corrected chi connectivity index (χ4v) is 5.17. The van der Waals surface area contributed by atoms with E-state index >= 15 is 0 Å². The standard InChI is InChI=1S/C35H41N7O3.2C2H6/c1-25(2)20-33(43)45-24-42(4)18-16-41(17-19-42)23-27-8-10-28(11-9-27)34(44)38-30-12-7-26(3)32(21-30)40-35-37-15-13-31(39-35)29-6-5-14-36-22-29;2*1-2/h5-15,21-22,25H,16-20,23-24H2,1-4H3,(H-,37,38,39,40,44);2*1-2H3/p+1. The summed E-state index contributed by atoms with van der Waals surface area (Å²) in [5.41, 5.74) is 5.89. The summed E-state index contributed by atoms with van der Waals surface area (Å²) in [6, 6.07) is 19.1. The molecule has 0 spiro atoms. The first-order valence-electron chi connectivity index (χ1n) is 17.4. The molecular formula is C39H54N7O3+. The Kier molecular flexibility index (Phi) is 15.3. The van der Waals surface area contributed by atoms with E-state index in [1.165, 1.54) is 0 Å². The average Bonchev–Trinajstić information content (AvgIpc) is 3.12. The number of aromatic nitrogens is 3. The third-order valence-electron chi connectivity index (χ3n) is 8.00. The highest BCUT2D eigenvalue weighted by Gasteiger charge is 2.30. The lowest BCUT2D eigenvalue weighted by molar-refractivity contribution is -0.929. The van der Waals surface area contributed by atoms with Crippen molar-refractivity contribution < 1.29 is 18.8 Å². The van der Waals surface area contributed by atoms with Crippen molar-refractivity contribution in [1.82, 2.24) is 19.9 Å². The van der Waals surface area contributed by atoms with Gasteiger partial charge >= 0.3 is 5.97 Å². The molecule has 0 atom stereocenters. The van der Waals surface area contributed by atoms with Crippen LogP contribution >= 0.6 is 0 Å². The Morgan fingerprint density at radius 2 is 1.67 bits per heavy atom. The van der Waals surface area contributed by atoms with E-state index in [1.54, 1.807) is 18.6 Å².